The van der Waals surface area contributed by atoms with Gasteiger partial charge < -0.3 is 20.3 Å². The van der Waals surface area contributed by atoms with Gasteiger partial charge in [-0.1, -0.05) is 12.1 Å². The van der Waals surface area contributed by atoms with Crippen LogP contribution in [0.1, 0.15) is 24.8 Å². The van der Waals surface area contributed by atoms with Gasteiger partial charge in [0.1, 0.15) is 17.9 Å². The first-order chi connectivity index (χ1) is 18.1. The molecule has 2 aliphatic rings. The Morgan fingerprint density at radius 2 is 2.03 bits per heavy atom. The van der Waals surface area contributed by atoms with E-state index in [1.807, 2.05) is 25.1 Å². The third-order valence-electron chi connectivity index (χ3n) is 7.34. The lowest BCUT2D eigenvalue weighted by Crippen LogP contribution is -2.51. The quantitative estimate of drug-likeness (QED) is 0.369. The molecule has 0 spiro atoms. The van der Waals surface area contributed by atoms with Crippen LogP contribution in [0.5, 0.6) is 6.01 Å². The summed E-state index contributed by atoms with van der Waals surface area (Å²) in [5, 5.41) is 24.6. The molecule has 4 heterocycles. The van der Waals surface area contributed by atoms with E-state index in [4.69, 9.17) is 9.72 Å². The summed E-state index contributed by atoms with van der Waals surface area (Å²) in [5.74, 6) is 0.220. The maximum atomic E-state index is 16.4. The van der Waals surface area contributed by atoms with Gasteiger partial charge in [-0.05, 0) is 49.6 Å². The van der Waals surface area contributed by atoms with Crippen LogP contribution < -0.4 is 20.3 Å². The number of rotatable bonds is 6. The standard InChI is InChI=1S/C27H29FN8O/c1-16-4-7-22-21(13-32-35-22)23(16)19-5-6-20-25(24(19)28)33-27(37-15-18-3-2-10-30-18)34-26(20)36-12-11-31-17(14-36)8-9-29/h4-7,13,17-18,30-31H,2-3,8,10-12,14-15H2,1H3,(H,32,35). The van der Waals surface area contributed by atoms with Gasteiger partial charge in [-0.2, -0.15) is 20.3 Å². The van der Waals surface area contributed by atoms with Gasteiger partial charge in [0, 0.05) is 48.1 Å². The normalized spacial score (nSPS) is 20.0. The van der Waals surface area contributed by atoms with E-state index in [0.29, 0.717) is 49.4 Å². The topological polar surface area (TPSA) is 115 Å². The molecule has 2 fully saturated rings. The third-order valence-corrected chi connectivity index (χ3v) is 7.34. The number of nitriles is 1. The molecule has 2 saturated heterocycles. The lowest BCUT2D eigenvalue weighted by atomic mass is 9.95. The van der Waals surface area contributed by atoms with Crippen LogP contribution >= 0.6 is 0 Å². The van der Waals surface area contributed by atoms with Crippen LogP contribution in [0.15, 0.2) is 30.5 Å². The highest BCUT2D eigenvalue weighted by Crippen LogP contribution is 2.37. The number of halogens is 1. The number of H-pyrrole nitrogens is 1. The van der Waals surface area contributed by atoms with Crippen LogP contribution in [-0.2, 0) is 0 Å². The SMILES string of the molecule is Cc1ccc2[nH]ncc2c1-c1ccc2c(N3CCNC(CC#N)C3)nc(OCC3CCCN3)nc2c1F. The monoisotopic (exact) mass is 500 g/mol. The molecule has 190 valence electrons. The molecule has 9 nitrogen and oxygen atoms in total. The fourth-order valence-electron chi connectivity index (χ4n) is 5.45. The van der Waals surface area contributed by atoms with Crippen molar-refractivity contribution in [2.45, 2.75) is 38.3 Å². The van der Waals surface area contributed by atoms with Crippen molar-refractivity contribution in [3.05, 3.63) is 41.8 Å². The predicted octanol–water partition coefficient (Wildman–Crippen LogP) is 3.44. The lowest BCUT2D eigenvalue weighted by Gasteiger charge is -2.34. The summed E-state index contributed by atoms with van der Waals surface area (Å²) < 4.78 is 22.4. The summed E-state index contributed by atoms with van der Waals surface area (Å²) >= 11 is 0. The first-order valence-electron chi connectivity index (χ1n) is 12.8. The molecule has 0 saturated carbocycles. The Balaban J connectivity index is 1.47. The van der Waals surface area contributed by atoms with Gasteiger partial charge in [-0.25, -0.2) is 4.39 Å². The molecule has 10 heteroatoms. The van der Waals surface area contributed by atoms with Crippen molar-refractivity contribution in [2.24, 2.45) is 0 Å². The molecule has 0 amide bonds. The van der Waals surface area contributed by atoms with E-state index in [1.54, 1.807) is 12.3 Å². The number of aromatic nitrogens is 4. The number of benzene rings is 2. The molecule has 2 aliphatic heterocycles. The number of piperazine rings is 1. The summed E-state index contributed by atoms with van der Waals surface area (Å²) in [5.41, 5.74) is 3.28. The summed E-state index contributed by atoms with van der Waals surface area (Å²) in [6, 6.07) is 10.3. The van der Waals surface area contributed by atoms with E-state index in [-0.39, 0.29) is 23.6 Å². The molecular weight excluding hydrogens is 471 g/mol. The summed E-state index contributed by atoms with van der Waals surface area (Å²) in [7, 11) is 0. The second-order valence-corrected chi connectivity index (χ2v) is 9.81. The maximum Gasteiger partial charge on any atom is 0.319 e. The van der Waals surface area contributed by atoms with E-state index in [2.05, 4.69) is 36.8 Å². The van der Waals surface area contributed by atoms with Crippen molar-refractivity contribution >= 4 is 27.6 Å². The number of hydrogen-bond donors (Lipinski definition) is 3. The molecule has 2 atom stereocenters. The van der Waals surface area contributed by atoms with Crippen LogP contribution in [0.4, 0.5) is 10.2 Å². The number of fused-ring (bicyclic) bond motifs is 2. The van der Waals surface area contributed by atoms with Gasteiger partial charge in [0.05, 0.1) is 24.2 Å². The van der Waals surface area contributed by atoms with Gasteiger partial charge in [0.25, 0.3) is 0 Å². The summed E-state index contributed by atoms with van der Waals surface area (Å²) in [6.07, 6.45) is 4.25. The van der Waals surface area contributed by atoms with Crippen molar-refractivity contribution in [3.63, 3.8) is 0 Å². The molecule has 37 heavy (non-hydrogen) atoms. The summed E-state index contributed by atoms with van der Waals surface area (Å²) in [6.45, 7) is 5.36. The Kier molecular flexibility index (Phi) is 6.32. The van der Waals surface area contributed by atoms with E-state index >= 15 is 4.39 Å². The van der Waals surface area contributed by atoms with Gasteiger partial charge in [-0.15, -0.1) is 0 Å². The van der Waals surface area contributed by atoms with Crippen LogP contribution in [0.2, 0.25) is 0 Å². The number of nitrogens with zero attached hydrogens (tertiary/aromatic N) is 5. The number of ether oxygens (including phenoxy) is 1. The molecule has 6 rings (SSSR count). The zero-order valence-corrected chi connectivity index (χ0v) is 20.7. The largest absolute Gasteiger partial charge is 0.462 e. The van der Waals surface area contributed by atoms with Crippen molar-refractivity contribution in [2.75, 3.05) is 37.7 Å². The molecule has 0 bridgehead atoms. The van der Waals surface area contributed by atoms with Gasteiger partial charge in [0.2, 0.25) is 0 Å². The van der Waals surface area contributed by atoms with Crippen LogP contribution in [0, 0.1) is 24.1 Å². The van der Waals surface area contributed by atoms with Crippen LogP contribution in [0.25, 0.3) is 32.9 Å². The fraction of sp³-hybridized carbons (Fsp3) is 0.407. The average Bonchev–Trinajstić information content (AvgIpc) is 3.61. The van der Waals surface area contributed by atoms with Crippen molar-refractivity contribution in [1.29, 1.82) is 5.26 Å². The Hall–Kier alpha value is -3.81. The van der Waals surface area contributed by atoms with E-state index in [0.717, 1.165) is 41.4 Å². The second-order valence-electron chi connectivity index (χ2n) is 9.81. The van der Waals surface area contributed by atoms with Crippen molar-refractivity contribution < 1.29 is 9.13 Å². The van der Waals surface area contributed by atoms with Crippen LogP contribution in [0.3, 0.4) is 0 Å². The minimum Gasteiger partial charge on any atom is -0.462 e. The molecule has 0 radical (unpaired) electrons. The zero-order chi connectivity index (χ0) is 25.4. The van der Waals surface area contributed by atoms with Crippen molar-refractivity contribution in [1.82, 2.24) is 30.8 Å². The molecule has 2 aromatic carbocycles. The summed E-state index contributed by atoms with van der Waals surface area (Å²) in [4.78, 5) is 11.4. The Bertz CT molecular complexity index is 1490. The van der Waals surface area contributed by atoms with Crippen LogP contribution in [-0.4, -0.2) is 65.0 Å². The molecule has 2 aromatic heterocycles. The molecule has 4 aromatic rings. The number of anilines is 1. The first-order valence-corrected chi connectivity index (χ1v) is 12.8. The van der Waals surface area contributed by atoms with Gasteiger partial charge in [-0.3, -0.25) is 5.10 Å². The Morgan fingerprint density at radius 1 is 1.14 bits per heavy atom. The smallest absolute Gasteiger partial charge is 0.319 e. The molecular formula is C27H29FN8O. The highest BCUT2D eigenvalue weighted by atomic mass is 19.1. The van der Waals surface area contributed by atoms with E-state index in [9.17, 15) is 5.26 Å². The number of hydrogen-bond acceptors (Lipinski definition) is 8. The molecule has 0 aliphatic carbocycles. The predicted molar refractivity (Wildman–Crippen MR) is 140 cm³/mol. The third kappa shape index (κ3) is 4.45. The van der Waals surface area contributed by atoms with E-state index < -0.39 is 5.82 Å². The second kappa shape index (κ2) is 9.92. The number of aromatic amines is 1. The Morgan fingerprint density at radius 3 is 2.86 bits per heavy atom. The highest BCUT2D eigenvalue weighted by Gasteiger charge is 2.26. The van der Waals surface area contributed by atoms with Crippen molar-refractivity contribution in [3.8, 4) is 23.2 Å². The first kappa shape index (κ1) is 23.6. The number of aryl methyl sites for hydroxylation is 1. The van der Waals surface area contributed by atoms with Gasteiger partial charge in [0.15, 0.2) is 5.82 Å². The Labute approximate surface area is 214 Å². The lowest BCUT2D eigenvalue weighted by molar-refractivity contribution is 0.258. The minimum atomic E-state index is -0.412. The molecule has 3 N–H and O–H groups in total. The number of nitrogens with one attached hydrogen (secondary N) is 3. The minimum absolute atomic E-state index is 0.0151. The van der Waals surface area contributed by atoms with E-state index in [1.165, 1.54) is 0 Å². The maximum absolute atomic E-state index is 16.4. The highest BCUT2D eigenvalue weighted by molar-refractivity contribution is 6.00. The molecule has 2 unspecified atom stereocenters. The zero-order valence-electron chi connectivity index (χ0n) is 20.7. The fourth-order valence-corrected chi connectivity index (χ4v) is 5.45. The van der Waals surface area contributed by atoms with Gasteiger partial charge >= 0.3 is 6.01 Å². The average molecular weight is 501 g/mol.